The third-order valence-electron chi connectivity index (χ3n) is 1.73. The molecular formula is C8H12N4O4. The second-order valence-corrected chi connectivity index (χ2v) is 2.72. The summed E-state index contributed by atoms with van der Waals surface area (Å²) in [7, 11) is 3.05. The quantitative estimate of drug-likeness (QED) is 0.428. The van der Waals surface area contributed by atoms with Crippen molar-refractivity contribution < 1.29 is 14.4 Å². The summed E-state index contributed by atoms with van der Waals surface area (Å²) >= 11 is 0. The lowest BCUT2D eigenvalue weighted by Gasteiger charge is -2.06. The van der Waals surface area contributed by atoms with Gasteiger partial charge in [-0.25, -0.2) is 4.98 Å². The van der Waals surface area contributed by atoms with Crippen LogP contribution in [-0.4, -0.2) is 42.3 Å². The van der Waals surface area contributed by atoms with Crippen LogP contribution in [0.5, 0.6) is 5.88 Å². The fraction of sp³-hybridized carbons (Fsp3) is 0.500. The number of nitrogens with one attached hydrogen (secondary N) is 1. The van der Waals surface area contributed by atoms with Crippen molar-refractivity contribution >= 4 is 11.5 Å². The summed E-state index contributed by atoms with van der Waals surface area (Å²) in [6, 6.07) is 0. The second kappa shape index (κ2) is 5.81. The second-order valence-electron chi connectivity index (χ2n) is 2.72. The molecule has 0 aliphatic rings. The number of nitro groups is 1. The molecule has 0 bridgehead atoms. The molecule has 8 nitrogen and oxygen atoms in total. The summed E-state index contributed by atoms with van der Waals surface area (Å²) in [5, 5.41) is 13.4. The number of rotatable bonds is 6. The van der Waals surface area contributed by atoms with E-state index in [0.717, 1.165) is 0 Å². The topological polar surface area (TPSA) is 99.4 Å². The third-order valence-corrected chi connectivity index (χ3v) is 1.73. The van der Waals surface area contributed by atoms with Crippen LogP contribution >= 0.6 is 0 Å². The van der Waals surface area contributed by atoms with Crippen molar-refractivity contribution in [1.82, 2.24) is 9.97 Å². The number of nitrogens with zero attached hydrogens (tertiary/aromatic N) is 3. The third kappa shape index (κ3) is 2.76. The average molecular weight is 228 g/mol. The Labute approximate surface area is 91.8 Å². The molecule has 0 unspecified atom stereocenters. The Bertz CT molecular complexity index is 371. The first-order valence-corrected chi connectivity index (χ1v) is 4.49. The van der Waals surface area contributed by atoms with Gasteiger partial charge in [0.2, 0.25) is 5.82 Å². The van der Waals surface area contributed by atoms with Gasteiger partial charge in [0.1, 0.15) is 12.9 Å². The summed E-state index contributed by atoms with van der Waals surface area (Å²) in [6.45, 7) is 0.521. The standard InChI is InChI=1S/C8H12N4O4/c1-9-7-6(12(13)14)8(11-5-10-7)16-4-3-15-2/h5H,3-4H2,1-2H3,(H,9,10,11). The molecule has 16 heavy (non-hydrogen) atoms. The molecule has 1 heterocycles. The van der Waals surface area contributed by atoms with E-state index in [1.807, 2.05) is 0 Å². The molecular weight excluding hydrogens is 216 g/mol. The first-order valence-electron chi connectivity index (χ1n) is 4.49. The van der Waals surface area contributed by atoms with Crippen molar-refractivity contribution in [2.24, 2.45) is 0 Å². The van der Waals surface area contributed by atoms with Crippen molar-refractivity contribution in [2.45, 2.75) is 0 Å². The van der Waals surface area contributed by atoms with E-state index in [4.69, 9.17) is 9.47 Å². The summed E-state index contributed by atoms with van der Waals surface area (Å²) in [5.41, 5.74) is -0.277. The number of hydrogen-bond acceptors (Lipinski definition) is 7. The molecule has 88 valence electrons. The summed E-state index contributed by atoms with van der Waals surface area (Å²) in [5.74, 6) is 0.0498. The Morgan fingerprint density at radius 1 is 1.50 bits per heavy atom. The van der Waals surface area contributed by atoms with E-state index in [-0.39, 0.29) is 24.0 Å². The predicted molar refractivity (Wildman–Crippen MR) is 55.6 cm³/mol. The highest BCUT2D eigenvalue weighted by atomic mass is 16.6. The monoisotopic (exact) mass is 228 g/mol. The van der Waals surface area contributed by atoms with Crippen molar-refractivity contribution in [1.29, 1.82) is 0 Å². The van der Waals surface area contributed by atoms with E-state index in [0.29, 0.717) is 6.61 Å². The van der Waals surface area contributed by atoms with Crippen molar-refractivity contribution in [3.63, 3.8) is 0 Å². The average Bonchev–Trinajstić information content (AvgIpc) is 2.28. The first kappa shape index (κ1) is 12.1. The molecule has 0 amide bonds. The molecule has 0 atom stereocenters. The van der Waals surface area contributed by atoms with Crippen LogP contribution in [0.15, 0.2) is 6.33 Å². The minimum atomic E-state index is -0.589. The molecule has 0 fully saturated rings. The normalized spacial score (nSPS) is 9.88. The molecule has 0 aromatic carbocycles. The Balaban J connectivity index is 2.93. The molecule has 0 aliphatic carbocycles. The number of ether oxygens (including phenoxy) is 2. The van der Waals surface area contributed by atoms with Gasteiger partial charge in [-0.05, 0) is 0 Å². The molecule has 8 heteroatoms. The van der Waals surface area contributed by atoms with Crippen molar-refractivity contribution in [3.05, 3.63) is 16.4 Å². The maximum absolute atomic E-state index is 10.8. The zero-order chi connectivity index (χ0) is 12.0. The Hall–Kier alpha value is -1.96. The van der Waals surface area contributed by atoms with Gasteiger partial charge in [-0.3, -0.25) is 10.1 Å². The lowest BCUT2D eigenvalue weighted by atomic mass is 10.4. The molecule has 1 rings (SSSR count). The van der Waals surface area contributed by atoms with Crippen molar-refractivity contribution in [2.75, 3.05) is 32.7 Å². The zero-order valence-electron chi connectivity index (χ0n) is 8.97. The first-order chi connectivity index (χ1) is 7.70. The van der Waals surface area contributed by atoms with E-state index < -0.39 is 4.92 Å². The van der Waals surface area contributed by atoms with Gasteiger partial charge in [-0.15, -0.1) is 0 Å². The molecule has 1 aromatic heterocycles. The molecule has 0 spiro atoms. The molecule has 0 saturated heterocycles. The van der Waals surface area contributed by atoms with Crippen LogP contribution < -0.4 is 10.1 Å². The number of anilines is 1. The Kier molecular flexibility index (Phi) is 4.40. The molecule has 0 radical (unpaired) electrons. The fourth-order valence-electron chi connectivity index (χ4n) is 1.04. The molecule has 1 N–H and O–H groups in total. The van der Waals surface area contributed by atoms with Gasteiger partial charge < -0.3 is 14.8 Å². The largest absolute Gasteiger partial charge is 0.470 e. The van der Waals surface area contributed by atoms with Crippen molar-refractivity contribution in [3.8, 4) is 5.88 Å². The lowest BCUT2D eigenvalue weighted by molar-refractivity contribution is -0.385. The van der Waals surface area contributed by atoms with Crippen LogP contribution in [0.3, 0.4) is 0 Å². The minimum Gasteiger partial charge on any atom is -0.470 e. The predicted octanol–water partition coefficient (Wildman–Crippen LogP) is 0.452. The van der Waals surface area contributed by atoms with Crippen LogP contribution in [-0.2, 0) is 4.74 Å². The van der Waals surface area contributed by atoms with Crippen LogP contribution in [0, 0.1) is 10.1 Å². The summed E-state index contributed by atoms with van der Waals surface area (Å²) in [6.07, 6.45) is 1.20. The summed E-state index contributed by atoms with van der Waals surface area (Å²) < 4.78 is 9.89. The highest BCUT2D eigenvalue weighted by molar-refractivity contribution is 5.60. The Morgan fingerprint density at radius 3 is 2.81 bits per heavy atom. The molecule has 1 aromatic rings. The molecule has 0 aliphatic heterocycles. The zero-order valence-corrected chi connectivity index (χ0v) is 8.97. The van der Waals surface area contributed by atoms with Gasteiger partial charge in [0.15, 0.2) is 0 Å². The smallest absolute Gasteiger partial charge is 0.372 e. The van der Waals surface area contributed by atoms with E-state index in [1.54, 1.807) is 0 Å². The fourth-order valence-corrected chi connectivity index (χ4v) is 1.04. The minimum absolute atomic E-state index is 0.0681. The lowest BCUT2D eigenvalue weighted by Crippen LogP contribution is -2.09. The van der Waals surface area contributed by atoms with Gasteiger partial charge >= 0.3 is 5.69 Å². The van der Waals surface area contributed by atoms with Crippen LogP contribution in [0.4, 0.5) is 11.5 Å². The highest BCUT2D eigenvalue weighted by Crippen LogP contribution is 2.30. The number of hydrogen-bond donors (Lipinski definition) is 1. The van der Waals surface area contributed by atoms with E-state index in [1.165, 1.54) is 20.5 Å². The van der Waals surface area contributed by atoms with E-state index in [9.17, 15) is 10.1 Å². The van der Waals surface area contributed by atoms with E-state index >= 15 is 0 Å². The van der Waals surface area contributed by atoms with Gasteiger partial charge in [0.25, 0.3) is 5.88 Å². The molecule has 0 saturated carbocycles. The summed E-state index contributed by atoms with van der Waals surface area (Å²) in [4.78, 5) is 17.7. The van der Waals surface area contributed by atoms with Gasteiger partial charge in [-0.1, -0.05) is 0 Å². The Morgan fingerprint density at radius 2 is 2.25 bits per heavy atom. The van der Waals surface area contributed by atoms with Gasteiger partial charge in [-0.2, -0.15) is 4.98 Å². The van der Waals surface area contributed by atoms with E-state index in [2.05, 4.69) is 15.3 Å². The maximum Gasteiger partial charge on any atom is 0.372 e. The SMILES string of the molecule is CNc1ncnc(OCCOC)c1[N+](=O)[O-]. The number of aromatic nitrogens is 2. The van der Waals surface area contributed by atoms with Gasteiger partial charge in [0.05, 0.1) is 11.5 Å². The number of methoxy groups -OCH3 is 1. The van der Waals surface area contributed by atoms with Gasteiger partial charge in [0, 0.05) is 14.2 Å². The van der Waals surface area contributed by atoms with Crippen LogP contribution in [0.2, 0.25) is 0 Å². The van der Waals surface area contributed by atoms with Crippen LogP contribution in [0.25, 0.3) is 0 Å². The highest BCUT2D eigenvalue weighted by Gasteiger charge is 2.23. The maximum atomic E-state index is 10.8. The van der Waals surface area contributed by atoms with Crippen LogP contribution in [0.1, 0.15) is 0 Å².